The lowest BCUT2D eigenvalue weighted by Gasteiger charge is -2.26. The first-order valence-corrected chi connectivity index (χ1v) is 8.27. The SMILES string of the molecule is Clc1ccccc1CN1CC=C(c2nc3ccccc3[nH]2)CC1. The highest BCUT2D eigenvalue weighted by Gasteiger charge is 2.16. The Morgan fingerprint density at radius 3 is 2.70 bits per heavy atom. The first-order chi connectivity index (χ1) is 11.3. The van der Waals surface area contributed by atoms with Crippen LogP contribution in [0.4, 0.5) is 0 Å². The van der Waals surface area contributed by atoms with Crippen LogP contribution in [0.15, 0.2) is 54.6 Å². The number of fused-ring (bicyclic) bond motifs is 1. The van der Waals surface area contributed by atoms with Gasteiger partial charge >= 0.3 is 0 Å². The van der Waals surface area contributed by atoms with E-state index in [1.54, 1.807) is 0 Å². The van der Waals surface area contributed by atoms with Crippen LogP contribution in [0.1, 0.15) is 17.8 Å². The smallest absolute Gasteiger partial charge is 0.134 e. The van der Waals surface area contributed by atoms with Crippen molar-refractivity contribution in [3.05, 3.63) is 71.0 Å². The van der Waals surface area contributed by atoms with Crippen molar-refractivity contribution in [3.63, 3.8) is 0 Å². The number of hydrogen-bond donors (Lipinski definition) is 1. The standard InChI is InChI=1S/C19H18ClN3/c20-16-6-2-1-5-15(16)13-23-11-9-14(10-12-23)19-21-17-7-3-4-8-18(17)22-19/h1-9H,10-13H2,(H,21,22). The summed E-state index contributed by atoms with van der Waals surface area (Å²) in [6.45, 7) is 2.84. The zero-order chi connectivity index (χ0) is 15.6. The maximum Gasteiger partial charge on any atom is 0.134 e. The second kappa shape index (κ2) is 6.19. The van der Waals surface area contributed by atoms with Crippen molar-refractivity contribution in [1.29, 1.82) is 0 Å². The fourth-order valence-corrected chi connectivity index (χ4v) is 3.24. The van der Waals surface area contributed by atoms with Gasteiger partial charge in [0.25, 0.3) is 0 Å². The van der Waals surface area contributed by atoms with Gasteiger partial charge in [-0.05, 0) is 35.8 Å². The maximum absolute atomic E-state index is 6.26. The van der Waals surface area contributed by atoms with E-state index < -0.39 is 0 Å². The van der Waals surface area contributed by atoms with Crippen LogP contribution >= 0.6 is 11.6 Å². The Bertz CT molecular complexity index is 833. The van der Waals surface area contributed by atoms with E-state index in [1.807, 2.05) is 36.4 Å². The van der Waals surface area contributed by atoms with Crippen molar-refractivity contribution in [1.82, 2.24) is 14.9 Å². The van der Waals surface area contributed by atoms with Crippen molar-refractivity contribution in [2.24, 2.45) is 0 Å². The lowest BCUT2D eigenvalue weighted by molar-refractivity contribution is 0.293. The lowest BCUT2D eigenvalue weighted by atomic mass is 10.1. The molecule has 0 amide bonds. The van der Waals surface area contributed by atoms with Crippen LogP contribution in [0.5, 0.6) is 0 Å². The van der Waals surface area contributed by atoms with Crippen molar-refractivity contribution >= 4 is 28.2 Å². The van der Waals surface area contributed by atoms with Crippen LogP contribution in [-0.2, 0) is 6.54 Å². The highest BCUT2D eigenvalue weighted by molar-refractivity contribution is 6.31. The van der Waals surface area contributed by atoms with Gasteiger partial charge < -0.3 is 4.98 Å². The van der Waals surface area contributed by atoms with Crippen LogP contribution < -0.4 is 0 Å². The Balaban J connectivity index is 1.49. The van der Waals surface area contributed by atoms with E-state index in [-0.39, 0.29) is 0 Å². The summed E-state index contributed by atoms with van der Waals surface area (Å²) in [5, 5.41) is 0.847. The highest BCUT2D eigenvalue weighted by Crippen LogP contribution is 2.24. The van der Waals surface area contributed by atoms with Gasteiger partial charge in [0.2, 0.25) is 0 Å². The Kier molecular flexibility index (Phi) is 3.90. The van der Waals surface area contributed by atoms with Gasteiger partial charge in [0.15, 0.2) is 0 Å². The topological polar surface area (TPSA) is 31.9 Å². The number of imidazole rings is 1. The van der Waals surface area contributed by atoms with E-state index in [0.717, 1.165) is 47.9 Å². The molecule has 3 aromatic rings. The molecular formula is C19H18ClN3. The molecule has 0 bridgehead atoms. The van der Waals surface area contributed by atoms with Crippen molar-refractivity contribution < 1.29 is 0 Å². The zero-order valence-electron chi connectivity index (χ0n) is 12.8. The Hall–Kier alpha value is -2.10. The fraction of sp³-hybridized carbons (Fsp3) is 0.211. The number of benzene rings is 2. The molecule has 0 radical (unpaired) electrons. The van der Waals surface area contributed by atoms with E-state index in [2.05, 4.69) is 28.1 Å². The summed E-state index contributed by atoms with van der Waals surface area (Å²) >= 11 is 6.26. The summed E-state index contributed by atoms with van der Waals surface area (Å²) in [7, 11) is 0. The van der Waals surface area contributed by atoms with Crippen molar-refractivity contribution in [2.45, 2.75) is 13.0 Å². The van der Waals surface area contributed by atoms with E-state index in [0.29, 0.717) is 0 Å². The minimum Gasteiger partial charge on any atom is -0.338 e. The summed E-state index contributed by atoms with van der Waals surface area (Å²) in [6, 6.07) is 16.2. The summed E-state index contributed by atoms with van der Waals surface area (Å²) < 4.78 is 0. The van der Waals surface area contributed by atoms with Gasteiger partial charge in [-0.25, -0.2) is 4.98 Å². The molecule has 23 heavy (non-hydrogen) atoms. The average molecular weight is 324 g/mol. The third-order valence-electron chi connectivity index (χ3n) is 4.34. The number of halogens is 1. The van der Waals surface area contributed by atoms with Crippen LogP contribution in [0.2, 0.25) is 5.02 Å². The van der Waals surface area contributed by atoms with Gasteiger partial charge in [0.05, 0.1) is 11.0 Å². The normalized spacial score (nSPS) is 15.8. The molecule has 116 valence electrons. The van der Waals surface area contributed by atoms with Gasteiger partial charge in [-0.1, -0.05) is 48.0 Å². The minimum atomic E-state index is 0.847. The molecule has 0 aliphatic carbocycles. The largest absolute Gasteiger partial charge is 0.338 e. The van der Waals surface area contributed by atoms with E-state index in [4.69, 9.17) is 16.6 Å². The lowest BCUT2D eigenvalue weighted by Crippen LogP contribution is -2.28. The first-order valence-electron chi connectivity index (χ1n) is 7.89. The second-order valence-electron chi connectivity index (χ2n) is 5.91. The molecule has 2 aromatic carbocycles. The quantitative estimate of drug-likeness (QED) is 0.769. The third-order valence-corrected chi connectivity index (χ3v) is 4.71. The number of nitrogens with zero attached hydrogens (tertiary/aromatic N) is 2. The van der Waals surface area contributed by atoms with Crippen molar-refractivity contribution in [3.8, 4) is 0 Å². The van der Waals surface area contributed by atoms with Gasteiger partial charge in [-0.3, -0.25) is 4.90 Å². The number of hydrogen-bond acceptors (Lipinski definition) is 2. The van der Waals surface area contributed by atoms with Crippen LogP contribution in [0.25, 0.3) is 16.6 Å². The molecule has 0 saturated carbocycles. The molecule has 4 rings (SSSR count). The van der Waals surface area contributed by atoms with Gasteiger partial charge in [-0.2, -0.15) is 0 Å². The number of H-pyrrole nitrogens is 1. The summed E-state index contributed by atoms with van der Waals surface area (Å²) in [4.78, 5) is 10.5. The number of aromatic amines is 1. The predicted octanol–water partition coefficient (Wildman–Crippen LogP) is 4.51. The first kappa shape index (κ1) is 14.5. The molecule has 3 nitrogen and oxygen atoms in total. The molecule has 1 N–H and O–H groups in total. The van der Waals surface area contributed by atoms with Crippen LogP contribution in [-0.4, -0.2) is 28.0 Å². The molecule has 0 saturated heterocycles. The zero-order valence-corrected chi connectivity index (χ0v) is 13.6. The Labute approximate surface area is 140 Å². The molecule has 0 atom stereocenters. The Morgan fingerprint density at radius 2 is 1.91 bits per heavy atom. The average Bonchev–Trinajstić information content (AvgIpc) is 3.02. The second-order valence-corrected chi connectivity index (χ2v) is 6.32. The molecule has 0 fully saturated rings. The minimum absolute atomic E-state index is 0.847. The number of nitrogens with one attached hydrogen (secondary N) is 1. The van der Waals surface area contributed by atoms with Crippen LogP contribution in [0.3, 0.4) is 0 Å². The summed E-state index contributed by atoms with van der Waals surface area (Å²) in [5.74, 6) is 1.00. The molecule has 1 aliphatic rings. The van der Waals surface area contributed by atoms with E-state index >= 15 is 0 Å². The molecule has 1 aliphatic heterocycles. The molecule has 0 unspecified atom stereocenters. The third kappa shape index (κ3) is 3.03. The highest BCUT2D eigenvalue weighted by atomic mass is 35.5. The number of para-hydroxylation sites is 2. The molecule has 2 heterocycles. The predicted molar refractivity (Wildman–Crippen MR) is 95.4 cm³/mol. The fourth-order valence-electron chi connectivity index (χ4n) is 3.04. The van der Waals surface area contributed by atoms with E-state index in [9.17, 15) is 0 Å². The Morgan fingerprint density at radius 1 is 1.09 bits per heavy atom. The van der Waals surface area contributed by atoms with Crippen molar-refractivity contribution in [2.75, 3.05) is 13.1 Å². The molecule has 4 heteroatoms. The van der Waals surface area contributed by atoms with E-state index in [1.165, 1.54) is 11.1 Å². The summed E-state index contributed by atoms with van der Waals surface area (Å²) in [5.41, 5.74) is 4.62. The summed E-state index contributed by atoms with van der Waals surface area (Å²) in [6.07, 6.45) is 3.28. The molecular weight excluding hydrogens is 306 g/mol. The number of rotatable bonds is 3. The number of aromatic nitrogens is 2. The van der Waals surface area contributed by atoms with Gasteiger partial charge in [-0.15, -0.1) is 0 Å². The van der Waals surface area contributed by atoms with Crippen LogP contribution in [0, 0.1) is 0 Å². The van der Waals surface area contributed by atoms with Gasteiger partial charge in [0, 0.05) is 24.7 Å². The maximum atomic E-state index is 6.26. The molecule has 0 spiro atoms. The van der Waals surface area contributed by atoms with Gasteiger partial charge in [0.1, 0.15) is 5.82 Å². The molecule has 1 aromatic heterocycles. The monoisotopic (exact) mass is 323 g/mol.